The van der Waals surface area contributed by atoms with Gasteiger partial charge in [0.1, 0.15) is 0 Å². The monoisotopic (exact) mass is 448 g/mol. The molecule has 1 N–H and O–H groups in total. The van der Waals surface area contributed by atoms with Gasteiger partial charge in [0.15, 0.2) is 11.0 Å². The second-order valence-corrected chi connectivity index (χ2v) is 8.46. The number of hydrogen-bond donors (Lipinski definition) is 1. The third-order valence-corrected chi connectivity index (χ3v) is 6.08. The lowest BCUT2D eigenvalue weighted by Gasteiger charge is -2.15. The van der Waals surface area contributed by atoms with Crippen LogP contribution in [0.25, 0.3) is 0 Å². The topological polar surface area (TPSA) is 59.8 Å². The quantitative estimate of drug-likeness (QED) is 0.471. The second-order valence-electron chi connectivity index (χ2n) is 6.67. The summed E-state index contributed by atoms with van der Waals surface area (Å²) in [7, 11) is 0. The molecule has 0 radical (unpaired) electrons. The highest BCUT2D eigenvalue weighted by Gasteiger charge is 2.20. The molecule has 29 heavy (non-hydrogen) atoms. The van der Waals surface area contributed by atoms with Crippen molar-refractivity contribution in [2.24, 2.45) is 0 Å². The van der Waals surface area contributed by atoms with Crippen molar-refractivity contribution in [2.75, 3.05) is 0 Å². The third-order valence-electron chi connectivity index (χ3n) is 4.48. The van der Waals surface area contributed by atoms with E-state index in [4.69, 9.17) is 23.2 Å². The van der Waals surface area contributed by atoms with E-state index in [-0.39, 0.29) is 11.9 Å². The molecule has 0 spiro atoms. The average molecular weight is 449 g/mol. The number of carbonyl (C=O) groups excluding carboxylic acids is 1. The van der Waals surface area contributed by atoms with Gasteiger partial charge in [-0.2, -0.15) is 0 Å². The average Bonchev–Trinajstić information content (AvgIpc) is 3.10. The van der Waals surface area contributed by atoms with Crippen molar-refractivity contribution >= 4 is 40.9 Å². The van der Waals surface area contributed by atoms with Crippen LogP contribution < -0.4 is 5.32 Å². The SMILES string of the molecule is CCn1c(SCc2ccc(Cl)cc2Cl)nnc1C(C)NC(=O)c1ccc(C)cc1. The predicted molar refractivity (Wildman–Crippen MR) is 119 cm³/mol. The summed E-state index contributed by atoms with van der Waals surface area (Å²) in [5.41, 5.74) is 2.72. The summed E-state index contributed by atoms with van der Waals surface area (Å²) in [6, 6.07) is 12.7. The van der Waals surface area contributed by atoms with E-state index in [1.54, 1.807) is 17.8 Å². The molecule has 2 aromatic carbocycles. The van der Waals surface area contributed by atoms with Gasteiger partial charge in [0, 0.05) is 27.9 Å². The van der Waals surface area contributed by atoms with Gasteiger partial charge in [-0.05, 0) is 50.6 Å². The fraction of sp³-hybridized carbons (Fsp3) is 0.286. The number of nitrogens with zero attached hydrogens (tertiary/aromatic N) is 3. The van der Waals surface area contributed by atoms with Gasteiger partial charge in [-0.3, -0.25) is 4.79 Å². The standard InChI is InChI=1S/C21H22Cl2N4OS/c1-4-27-19(14(3)24-20(28)15-7-5-13(2)6-8-15)25-26-21(27)29-12-16-9-10-17(22)11-18(16)23/h5-11,14H,4,12H2,1-3H3,(H,24,28). The molecular formula is C21H22Cl2N4OS. The highest BCUT2D eigenvalue weighted by atomic mass is 35.5. The molecule has 152 valence electrons. The summed E-state index contributed by atoms with van der Waals surface area (Å²) in [6.45, 7) is 6.63. The first-order chi connectivity index (χ1) is 13.9. The Kier molecular flexibility index (Phi) is 7.22. The van der Waals surface area contributed by atoms with Crippen molar-refractivity contribution in [1.29, 1.82) is 0 Å². The number of nitrogens with one attached hydrogen (secondary N) is 1. The van der Waals surface area contributed by atoms with Crippen LogP contribution in [0, 0.1) is 6.92 Å². The van der Waals surface area contributed by atoms with Crippen molar-refractivity contribution in [1.82, 2.24) is 20.1 Å². The molecule has 0 fully saturated rings. The van der Waals surface area contributed by atoms with Crippen LogP contribution in [0.15, 0.2) is 47.6 Å². The highest BCUT2D eigenvalue weighted by Crippen LogP contribution is 2.29. The smallest absolute Gasteiger partial charge is 0.251 e. The molecular weight excluding hydrogens is 427 g/mol. The lowest BCUT2D eigenvalue weighted by atomic mass is 10.1. The van der Waals surface area contributed by atoms with Crippen molar-refractivity contribution in [3.8, 4) is 0 Å². The first-order valence-electron chi connectivity index (χ1n) is 9.26. The Balaban J connectivity index is 1.70. The van der Waals surface area contributed by atoms with Gasteiger partial charge in [-0.1, -0.05) is 58.7 Å². The lowest BCUT2D eigenvalue weighted by Crippen LogP contribution is -2.28. The summed E-state index contributed by atoms with van der Waals surface area (Å²) in [5, 5.41) is 13.7. The number of thioether (sulfide) groups is 1. The van der Waals surface area contributed by atoms with E-state index in [1.807, 2.05) is 61.7 Å². The summed E-state index contributed by atoms with van der Waals surface area (Å²) >= 11 is 13.8. The molecule has 0 saturated carbocycles. The number of carbonyl (C=O) groups is 1. The van der Waals surface area contributed by atoms with Gasteiger partial charge in [0.2, 0.25) is 0 Å². The van der Waals surface area contributed by atoms with E-state index in [0.29, 0.717) is 27.9 Å². The minimum atomic E-state index is -0.273. The molecule has 1 amide bonds. The van der Waals surface area contributed by atoms with Gasteiger partial charge in [-0.25, -0.2) is 0 Å². The lowest BCUT2D eigenvalue weighted by molar-refractivity contribution is 0.0937. The van der Waals surface area contributed by atoms with Gasteiger partial charge in [0.05, 0.1) is 6.04 Å². The molecule has 1 heterocycles. The highest BCUT2D eigenvalue weighted by molar-refractivity contribution is 7.98. The molecule has 3 rings (SSSR count). The molecule has 0 aliphatic rings. The fourth-order valence-corrected chi connectivity index (χ4v) is 4.42. The summed E-state index contributed by atoms with van der Waals surface area (Å²) in [6.07, 6.45) is 0. The van der Waals surface area contributed by atoms with Gasteiger partial charge in [0.25, 0.3) is 5.91 Å². The maximum atomic E-state index is 12.5. The largest absolute Gasteiger partial charge is 0.342 e. The molecule has 8 heteroatoms. The van der Waals surface area contributed by atoms with E-state index < -0.39 is 0 Å². The molecule has 0 saturated heterocycles. The molecule has 5 nitrogen and oxygen atoms in total. The molecule has 1 unspecified atom stereocenters. The number of hydrogen-bond acceptors (Lipinski definition) is 4. The fourth-order valence-electron chi connectivity index (χ4n) is 2.85. The van der Waals surface area contributed by atoms with Gasteiger partial charge >= 0.3 is 0 Å². The number of aromatic nitrogens is 3. The van der Waals surface area contributed by atoms with Crippen LogP contribution in [0.2, 0.25) is 10.0 Å². The Bertz CT molecular complexity index is 1000. The second kappa shape index (κ2) is 9.65. The number of halogens is 2. The Morgan fingerprint density at radius 2 is 1.90 bits per heavy atom. The Hall–Kier alpha value is -2.02. The van der Waals surface area contributed by atoms with Crippen LogP contribution in [0.5, 0.6) is 0 Å². The van der Waals surface area contributed by atoms with Crippen molar-refractivity contribution in [2.45, 2.75) is 44.3 Å². The van der Waals surface area contributed by atoms with Crippen LogP contribution in [0.4, 0.5) is 0 Å². The van der Waals surface area contributed by atoms with Crippen LogP contribution >= 0.6 is 35.0 Å². The minimum absolute atomic E-state index is 0.134. The molecule has 1 aromatic heterocycles. The zero-order valence-electron chi connectivity index (χ0n) is 16.4. The van der Waals surface area contributed by atoms with Gasteiger partial charge in [-0.15, -0.1) is 10.2 Å². The Labute approximate surface area is 184 Å². The zero-order chi connectivity index (χ0) is 21.0. The predicted octanol–water partition coefficient (Wildman–Crippen LogP) is 5.70. The number of aryl methyl sites for hydroxylation is 1. The van der Waals surface area contributed by atoms with Crippen molar-refractivity contribution in [3.05, 3.63) is 75.0 Å². The first-order valence-corrected chi connectivity index (χ1v) is 11.0. The maximum Gasteiger partial charge on any atom is 0.251 e. The Morgan fingerprint density at radius 3 is 2.55 bits per heavy atom. The van der Waals surface area contributed by atoms with E-state index in [0.717, 1.165) is 22.1 Å². The molecule has 0 aliphatic heterocycles. The molecule has 0 aliphatic carbocycles. The van der Waals surface area contributed by atoms with Crippen LogP contribution in [0.3, 0.4) is 0 Å². The van der Waals surface area contributed by atoms with Gasteiger partial charge < -0.3 is 9.88 Å². The normalized spacial score (nSPS) is 12.0. The molecule has 1 atom stereocenters. The van der Waals surface area contributed by atoms with Crippen LogP contribution in [-0.2, 0) is 12.3 Å². The first kappa shape index (κ1) is 21.7. The summed E-state index contributed by atoms with van der Waals surface area (Å²) in [5.74, 6) is 1.24. The van der Waals surface area contributed by atoms with Crippen LogP contribution in [0.1, 0.15) is 47.2 Å². The summed E-state index contributed by atoms with van der Waals surface area (Å²) in [4.78, 5) is 12.5. The van der Waals surface area contributed by atoms with E-state index in [2.05, 4.69) is 15.5 Å². The van der Waals surface area contributed by atoms with E-state index in [1.165, 1.54) is 0 Å². The summed E-state index contributed by atoms with van der Waals surface area (Å²) < 4.78 is 2.01. The number of benzene rings is 2. The van der Waals surface area contributed by atoms with E-state index in [9.17, 15) is 4.79 Å². The molecule has 3 aromatic rings. The minimum Gasteiger partial charge on any atom is -0.342 e. The molecule has 0 bridgehead atoms. The van der Waals surface area contributed by atoms with E-state index >= 15 is 0 Å². The van der Waals surface area contributed by atoms with Crippen molar-refractivity contribution in [3.63, 3.8) is 0 Å². The maximum absolute atomic E-state index is 12.5. The number of amides is 1. The number of rotatable bonds is 7. The Morgan fingerprint density at radius 1 is 1.17 bits per heavy atom. The van der Waals surface area contributed by atoms with Crippen LogP contribution in [-0.4, -0.2) is 20.7 Å². The third kappa shape index (κ3) is 5.32. The van der Waals surface area contributed by atoms with Crippen molar-refractivity contribution < 1.29 is 4.79 Å². The zero-order valence-corrected chi connectivity index (χ0v) is 18.8.